The molecular weight excluding hydrogens is 382 g/mol. The van der Waals surface area contributed by atoms with Crippen molar-refractivity contribution in [2.24, 2.45) is 0 Å². The van der Waals surface area contributed by atoms with E-state index in [4.69, 9.17) is 4.74 Å². The summed E-state index contributed by atoms with van der Waals surface area (Å²) in [6.45, 7) is 5.20. The van der Waals surface area contributed by atoms with Gasteiger partial charge in [-0.3, -0.25) is 0 Å². The van der Waals surface area contributed by atoms with Gasteiger partial charge in [0.2, 0.25) is 0 Å². The Morgan fingerprint density at radius 2 is 1.85 bits per heavy atom. The van der Waals surface area contributed by atoms with E-state index in [0.717, 1.165) is 27.0 Å². The standard InChI is InChI=1S/C16H17Br2NO/c1-3-19-11(2)13-9-8-12(10-15(13)18)20-16-7-5-4-6-14(16)17/h4-11,19H,3H2,1-2H3. The van der Waals surface area contributed by atoms with Crippen LogP contribution in [0.15, 0.2) is 51.4 Å². The molecule has 1 atom stereocenters. The average molecular weight is 399 g/mol. The van der Waals surface area contributed by atoms with Gasteiger partial charge >= 0.3 is 0 Å². The van der Waals surface area contributed by atoms with Crippen molar-refractivity contribution in [2.45, 2.75) is 19.9 Å². The van der Waals surface area contributed by atoms with Crippen LogP contribution < -0.4 is 10.1 Å². The summed E-state index contributed by atoms with van der Waals surface area (Å²) in [7, 11) is 0. The van der Waals surface area contributed by atoms with Crippen molar-refractivity contribution in [1.82, 2.24) is 5.32 Å². The molecule has 0 spiro atoms. The largest absolute Gasteiger partial charge is 0.456 e. The first-order chi connectivity index (χ1) is 9.61. The van der Waals surface area contributed by atoms with E-state index < -0.39 is 0 Å². The summed E-state index contributed by atoms with van der Waals surface area (Å²) in [6, 6.07) is 14.2. The summed E-state index contributed by atoms with van der Waals surface area (Å²) < 4.78 is 7.88. The summed E-state index contributed by atoms with van der Waals surface area (Å²) in [5, 5.41) is 3.40. The van der Waals surface area contributed by atoms with Crippen LogP contribution in [0.4, 0.5) is 0 Å². The molecule has 0 aliphatic carbocycles. The van der Waals surface area contributed by atoms with E-state index in [1.807, 2.05) is 36.4 Å². The highest BCUT2D eigenvalue weighted by molar-refractivity contribution is 9.10. The Labute approximate surface area is 136 Å². The highest BCUT2D eigenvalue weighted by Crippen LogP contribution is 2.33. The van der Waals surface area contributed by atoms with Crippen molar-refractivity contribution in [3.8, 4) is 11.5 Å². The molecule has 4 heteroatoms. The molecule has 2 rings (SSSR count). The van der Waals surface area contributed by atoms with Crippen molar-refractivity contribution in [1.29, 1.82) is 0 Å². The van der Waals surface area contributed by atoms with Crippen LogP contribution in [0.1, 0.15) is 25.5 Å². The maximum atomic E-state index is 5.89. The fourth-order valence-corrected chi connectivity index (χ4v) is 3.06. The Morgan fingerprint density at radius 3 is 2.50 bits per heavy atom. The van der Waals surface area contributed by atoms with E-state index >= 15 is 0 Å². The van der Waals surface area contributed by atoms with E-state index in [9.17, 15) is 0 Å². The average Bonchev–Trinajstić information content (AvgIpc) is 2.42. The van der Waals surface area contributed by atoms with E-state index in [-0.39, 0.29) is 0 Å². The minimum Gasteiger partial charge on any atom is -0.456 e. The van der Waals surface area contributed by atoms with Crippen molar-refractivity contribution in [3.05, 3.63) is 57.0 Å². The number of hydrogen-bond acceptors (Lipinski definition) is 2. The highest BCUT2D eigenvalue weighted by Gasteiger charge is 2.10. The lowest BCUT2D eigenvalue weighted by Crippen LogP contribution is -2.17. The molecule has 2 nitrogen and oxygen atoms in total. The zero-order valence-corrected chi connectivity index (χ0v) is 14.7. The van der Waals surface area contributed by atoms with Gasteiger partial charge in [-0.2, -0.15) is 0 Å². The Bertz CT molecular complexity index is 586. The quantitative estimate of drug-likeness (QED) is 0.699. The van der Waals surface area contributed by atoms with Gasteiger partial charge in [0.05, 0.1) is 4.47 Å². The van der Waals surface area contributed by atoms with E-state index in [0.29, 0.717) is 6.04 Å². The van der Waals surface area contributed by atoms with E-state index in [2.05, 4.69) is 57.1 Å². The molecule has 0 radical (unpaired) electrons. The molecular formula is C16H17Br2NO. The molecule has 20 heavy (non-hydrogen) atoms. The monoisotopic (exact) mass is 397 g/mol. The van der Waals surface area contributed by atoms with Crippen LogP contribution in [-0.2, 0) is 0 Å². The maximum absolute atomic E-state index is 5.89. The third-order valence-corrected chi connectivity index (χ3v) is 4.36. The van der Waals surface area contributed by atoms with E-state index in [1.54, 1.807) is 0 Å². The van der Waals surface area contributed by atoms with Gasteiger partial charge in [-0.15, -0.1) is 0 Å². The zero-order valence-electron chi connectivity index (χ0n) is 11.5. The number of nitrogens with one attached hydrogen (secondary N) is 1. The Hall–Kier alpha value is -0.840. The van der Waals surface area contributed by atoms with Gasteiger partial charge in [0.1, 0.15) is 11.5 Å². The molecule has 0 amide bonds. The number of para-hydroxylation sites is 1. The van der Waals surface area contributed by atoms with Crippen molar-refractivity contribution < 1.29 is 4.74 Å². The number of rotatable bonds is 5. The van der Waals surface area contributed by atoms with Gasteiger partial charge in [-0.1, -0.05) is 41.1 Å². The second-order valence-corrected chi connectivity index (χ2v) is 6.20. The smallest absolute Gasteiger partial charge is 0.141 e. The predicted molar refractivity (Wildman–Crippen MR) is 90.4 cm³/mol. The molecule has 0 saturated carbocycles. The van der Waals surface area contributed by atoms with Gasteiger partial charge < -0.3 is 10.1 Å². The summed E-state index contributed by atoms with van der Waals surface area (Å²) >= 11 is 7.10. The van der Waals surface area contributed by atoms with Crippen LogP contribution in [0.2, 0.25) is 0 Å². The third-order valence-electron chi connectivity index (χ3n) is 3.01. The lowest BCUT2D eigenvalue weighted by Gasteiger charge is -2.16. The molecule has 0 heterocycles. The van der Waals surface area contributed by atoms with Crippen LogP contribution in [-0.4, -0.2) is 6.54 Å². The van der Waals surface area contributed by atoms with Gasteiger partial charge in [0, 0.05) is 10.5 Å². The normalized spacial score (nSPS) is 12.2. The molecule has 1 unspecified atom stereocenters. The molecule has 106 valence electrons. The summed E-state index contributed by atoms with van der Waals surface area (Å²) in [6.07, 6.45) is 0. The van der Waals surface area contributed by atoms with Crippen LogP contribution in [0.3, 0.4) is 0 Å². The van der Waals surface area contributed by atoms with Crippen LogP contribution in [0.5, 0.6) is 11.5 Å². The van der Waals surface area contributed by atoms with Crippen LogP contribution >= 0.6 is 31.9 Å². The van der Waals surface area contributed by atoms with Gasteiger partial charge in [-0.05, 0) is 59.2 Å². The second-order valence-electron chi connectivity index (χ2n) is 4.50. The Morgan fingerprint density at radius 1 is 1.10 bits per heavy atom. The second kappa shape index (κ2) is 7.25. The summed E-state index contributed by atoms with van der Waals surface area (Å²) in [5.74, 6) is 1.63. The van der Waals surface area contributed by atoms with Gasteiger partial charge in [-0.25, -0.2) is 0 Å². The number of halogens is 2. The predicted octanol–water partition coefficient (Wildman–Crippen LogP) is 5.67. The molecule has 2 aromatic carbocycles. The van der Waals surface area contributed by atoms with Crippen molar-refractivity contribution in [3.63, 3.8) is 0 Å². The maximum Gasteiger partial charge on any atom is 0.141 e. The molecule has 2 aromatic rings. The lowest BCUT2D eigenvalue weighted by atomic mass is 10.1. The summed E-state index contributed by atoms with van der Waals surface area (Å²) in [4.78, 5) is 0. The Balaban J connectivity index is 2.19. The number of benzene rings is 2. The molecule has 0 aliphatic rings. The molecule has 0 aromatic heterocycles. The SMILES string of the molecule is CCNC(C)c1ccc(Oc2ccccc2Br)cc1Br. The highest BCUT2D eigenvalue weighted by atomic mass is 79.9. The van der Waals surface area contributed by atoms with Gasteiger partial charge in [0.15, 0.2) is 0 Å². The van der Waals surface area contributed by atoms with Crippen LogP contribution in [0, 0.1) is 0 Å². The van der Waals surface area contributed by atoms with Crippen molar-refractivity contribution >= 4 is 31.9 Å². The molecule has 0 saturated heterocycles. The molecule has 0 fully saturated rings. The first kappa shape index (κ1) is 15.5. The number of ether oxygens (including phenoxy) is 1. The zero-order chi connectivity index (χ0) is 14.5. The molecule has 0 bridgehead atoms. The minimum atomic E-state index is 0.312. The first-order valence-corrected chi connectivity index (χ1v) is 8.15. The number of hydrogen-bond donors (Lipinski definition) is 1. The molecule has 1 N–H and O–H groups in total. The summed E-state index contributed by atoms with van der Waals surface area (Å²) in [5.41, 5.74) is 1.23. The fourth-order valence-electron chi connectivity index (χ4n) is 1.99. The van der Waals surface area contributed by atoms with Crippen LogP contribution in [0.25, 0.3) is 0 Å². The topological polar surface area (TPSA) is 21.3 Å². The van der Waals surface area contributed by atoms with Gasteiger partial charge in [0.25, 0.3) is 0 Å². The van der Waals surface area contributed by atoms with Crippen molar-refractivity contribution in [2.75, 3.05) is 6.54 Å². The lowest BCUT2D eigenvalue weighted by molar-refractivity contribution is 0.478. The fraction of sp³-hybridized carbons (Fsp3) is 0.250. The molecule has 0 aliphatic heterocycles. The van der Waals surface area contributed by atoms with E-state index in [1.165, 1.54) is 5.56 Å². The minimum absolute atomic E-state index is 0.312. The first-order valence-electron chi connectivity index (χ1n) is 6.57. The third kappa shape index (κ3) is 3.84. The Kier molecular flexibility index (Phi) is 5.64.